The largest absolute Gasteiger partial charge is 0.378 e. The second-order valence-electron chi connectivity index (χ2n) is 5.04. The van der Waals surface area contributed by atoms with Gasteiger partial charge in [0.05, 0.1) is 17.9 Å². The number of nitrogens with two attached hydrogens (primary N) is 1. The van der Waals surface area contributed by atoms with Crippen LogP contribution in [0.4, 0.5) is 5.69 Å². The van der Waals surface area contributed by atoms with Gasteiger partial charge in [-0.1, -0.05) is 11.6 Å². The molecule has 1 unspecified atom stereocenters. The van der Waals surface area contributed by atoms with Gasteiger partial charge in [0.25, 0.3) is 5.56 Å². The molecule has 18 heavy (non-hydrogen) atoms. The quantitative estimate of drug-likeness (QED) is 0.853. The summed E-state index contributed by atoms with van der Waals surface area (Å²) in [6.07, 6.45) is 3.97. The molecule has 1 aromatic rings. The Hall–Kier alpha value is -1.07. The third kappa shape index (κ3) is 2.67. The third-order valence-corrected chi connectivity index (χ3v) is 3.58. The lowest BCUT2D eigenvalue weighted by atomic mass is 10.2. The van der Waals surface area contributed by atoms with Gasteiger partial charge in [0, 0.05) is 12.6 Å². The van der Waals surface area contributed by atoms with E-state index in [0.717, 1.165) is 0 Å². The number of halogens is 1. The zero-order chi connectivity index (χ0) is 13.3. The number of hydrogen-bond donors (Lipinski definition) is 2. The lowest BCUT2D eigenvalue weighted by Gasteiger charge is -2.18. The molecule has 0 aromatic carbocycles. The predicted molar refractivity (Wildman–Crippen MR) is 73.1 cm³/mol. The molecule has 0 radical (unpaired) electrons. The van der Waals surface area contributed by atoms with Crippen LogP contribution in [-0.4, -0.2) is 22.4 Å². The summed E-state index contributed by atoms with van der Waals surface area (Å²) in [4.78, 5) is 12.0. The van der Waals surface area contributed by atoms with Crippen molar-refractivity contribution >= 4 is 17.3 Å². The molecule has 0 aliphatic heterocycles. The Labute approximate surface area is 111 Å². The van der Waals surface area contributed by atoms with Crippen LogP contribution in [-0.2, 0) is 0 Å². The van der Waals surface area contributed by atoms with E-state index < -0.39 is 0 Å². The fourth-order valence-electron chi connectivity index (χ4n) is 1.98. The van der Waals surface area contributed by atoms with E-state index in [-0.39, 0.29) is 22.7 Å². The third-order valence-electron chi connectivity index (χ3n) is 3.22. The Balaban J connectivity index is 2.23. The van der Waals surface area contributed by atoms with Gasteiger partial charge in [0.15, 0.2) is 0 Å². The van der Waals surface area contributed by atoms with Gasteiger partial charge in [-0.2, -0.15) is 5.10 Å². The van der Waals surface area contributed by atoms with Crippen LogP contribution >= 0.6 is 11.6 Å². The van der Waals surface area contributed by atoms with Gasteiger partial charge >= 0.3 is 0 Å². The minimum Gasteiger partial charge on any atom is -0.378 e. The number of aromatic nitrogens is 2. The van der Waals surface area contributed by atoms with Crippen LogP contribution in [0, 0.1) is 5.92 Å². The van der Waals surface area contributed by atoms with Crippen molar-refractivity contribution < 1.29 is 0 Å². The van der Waals surface area contributed by atoms with E-state index in [1.807, 2.05) is 13.8 Å². The maximum absolute atomic E-state index is 12.0. The highest BCUT2D eigenvalue weighted by molar-refractivity contribution is 6.32. The summed E-state index contributed by atoms with van der Waals surface area (Å²) in [5.41, 5.74) is 6.04. The van der Waals surface area contributed by atoms with Gasteiger partial charge < -0.3 is 11.1 Å². The zero-order valence-electron chi connectivity index (χ0n) is 10.7. The highest BCUT2D eigenvalue weighted by atomic mass is 35.5. The summed E-state index contributed by atoms with van der Waals surface area (Å²) >= 11 is 6.09. The first-order valence-electron chi connectivity index (χ1n) is 6.28. The van der Waals surface area contributed by atoms with E-state index in [1.54, 1.807) is 6.20 Å². The topological polar surface area (TPSA) is 72.9 Å². The van der Waals surface area contributed by atoms with Crippen molar-refractivity contribution in [3.05, 3.63) is 21.6 Å². The van der Waals surface area contributed by atoms with Gasteiger partial charge in [0.1, 0.15) is 5.02 Å². The maximum Gasteiger partial charge on any atom is 0.287 e. The Morgan fingerprint density at radius 3 is 2.78 bits per heavy atom. The number of rotatable bonds is 5. The van der Waals surface area contributed by atoms with Gasteiger partial charge in [-0.3, -0.25) is 4.79 Å². The van der Waals surface area contributed by atoms with Crippen LogP contribution in [0.5, 0.6) is 0 Å². The normalized spacial score (nSPS) is 16.9. The molecule has 3 N–H and O–H groups in total. The Morgan fingerprint density at radius 2 is 2.28 bits per heavy atom. The Kier molecular flexibility index (Phi) is 3.92. The van der Waals surface area contributed by atoms with Gasteiger partial charge in [-0.05, 0) is 32.6 Å². The molecule has 1 fully saturated rings. The molecule has 2 rings (SSSR count). The smallest absolute Gasteiger partial charge is 0.287 e. The summed E-state index contributed by atoms with van der Waals surface area (Å²) in [5, 5.41) is 7.55. The van der Waals surface area contributed by atoms with Crippen molar-refractivity contribution in [2.75, 3.05) is 11.9 Å². The van der Waals surface area contributed by atoms with Gasteiger partial charge in [-0.15, -0.1) is 0 Å². The van der Waals surface area contributed by atoms with Crippen LogP contribution in [0.3, 0.4) is 0 Å². The highest BCUT2D eigenvalue weighted by Gasteiger charge is 2.30. The molecular formula is C12H19ClN4O. The first-order chi connectivity index (χ1) is 8.54. The summed E-state index contributed by atoms with van der Waals surface area (Å²) in [6.45, 7) is 4.32. The number of nitrogens with one attached hydrogen (secondary N) is 1. The minimum absolute atomic E-state index is 0.00205. The zero-order valence-corrected chi connectivity index (χ0v) is 11.4. The van der Waals surface area contributed by atoms with Crippen molar-refractivity contribution in [1.82, 2.24) is 9.78 Å². The molecule has 100 valence electrons. The number of anilines is 1. The van der Waals surface area contributed by atoms with Gasteiger partial charge in [0.2, 0.25) is 0 Å². The summed E-state index contributed by atoms with van der Waals surface area (Å²) in [6, 6.07) is 0.177. The molecule has 0 bridgehead atoms. The summed E-state index contributed by atoms with van der Waals surface area (Å²) in [5.74, 6) is 0.596. The molecule has 6 heteroatoms. The van der Waals surface area contributed by atoms with Crippen molar-refractivity contribution in [3.8, 4) is 0 Å². The highest BCUT2D eigenvalue weighted by Crippen LogP contribution is 2.34. The summed E-state index contributed by atoms with van der Waals surface area (Å²) in [7, 11) is 0. The average Bonchev–Trinajstić information content (AvgIpc) is 3.14. The van der Waals surface area contributed by atoms with Crippen LogP contribution < -0.4 is 16.6 Å². The Bertz CT molecular complexity index is 481. The second-order valence-corrected chi connectivity index (χ2v) is 5.42. The molecule has 0 amide bonds. The molecule has 1 aliphatic carbocycles. The lowest BCUT2D eigenvalue weighted by molar-refractivity contribution is 0.502. The average molecular weight is 271 g/mol. The van der Waals surface area contributed by atoms with Crippen molar-refractivity contribution in [1.29, 1.82) is 0 Å². The molecular weight excluding hydrogens is 252 g/mol. The molecule has 1 aliphatic rings. The minimum atomic E-state index is -0.261. The lowest BCUT2D eigenvalue weighted by Crippen LogP contribution is -2.33. The fourth-order valence-corrected chi connectivity index (χ4v) is 2.17. The first-order valence-corrected chi connectivity index (χ1v) is 6.66. The SMILES string of the molecule is CC(C)n1ncc(NC(CN)C2CC2)c(Cl)c1=O. The van der Waals surface area contributed by atoms with Crippen molar-refractivity contribution in [3.63, 3.8) is 0 Å². The van der Waals surface area contributed by atoms with E-state index in [2.05, 4.69) is 10.4 Å². The van der Waals surface area contributed by atoms with E-state index in [4.69, 9.17) is 17.3 Å². The number of hydrogen-bond acceptors (Lipinski definition) is 4. The van der Waals surface area contributed by atoms with Crippen molar-refractivity contribution in [2.24, 2.45) is 11.7 Å². The Morgan fingerprint density at radius 1 is 1.61 bits per heavy atom. The van der Waals surface area contributed by atoms with E-state index >= 15 is 0 Å². The predicted octanol–water partition coefficient (Wildman–Crippen LogP) is 1.63. The molecule has 1 aromatic heterocycles. The van der Waals surface area contributed by atoms with Crippen molar-refractivity contribution in [2.45, 2.75) is 38.8 Å². The fraction of sp³-hybridized carbons (Fsp3) is 0.667. The molecule has 0 spiro atoms. The first kappa shape index (κ1) is 13.4. The molecule has 1 heterocycles. The van der Waals surface area contributed by atoms with Gasteiger partial charge in [-0.25, -0.2) is 4.68 Å². The van der Waals surface area contributed by atoms with Crippen LogP contribution in [0.15, 0.2) is 11.0 Å². The second kappa shape index (κ2) is 5.28. The molecule has 1 atom stereocenters. The standard InChI is InChI=1S/C12H19ClN4O/c1-7(2)17-12(18)11(13)10(6-15-17)16-9(5-14)8-3-4-8/h6-9,16H,3-5,14H2,1-2H3. The molecule has 0 saturated heterocycles. The molecule has 1 saturated carbocycles. The van der Waals surface area contributed by atoms with Crippen LogP contribution in [0.1, 0.15) is 32.7 Å². The maximum atomic E-state index is 12.0. The van der Waals surface area contributed by atoms with Crippen LogP contribution in [0.25, 0.3) is 0 Å². The summed E-state index contributed by atoms with van der Waals surface area (Å²) < 4.78 is 1.38. The van der Waals surface area contributed by atoms with Crippen LogP contribution in [0.2, 0.25) is 5.02 Å². The van der Waals surface area contributed by atoms with E-state index in [0.29, 0.717) is 18.2 Å². The molecule has 5 nitrogen and oxygen atoms in total. The monoisotopic (exact) mass is 270 g/mol. The number of nitrogens with zero attached hydrogens (tertiary/aromatic N) is 2. The van der Waals surface area contributed by atoms with E-state index in [1.165, 1.54) is 17.5 Å². The van der Waals surface area contributed by atoms with E-state index in [9.17, 15) is 4.79 Å².